The first-order valence-corrected chi connectivity index (χ1v) is 8.59. The molecule has 116 valence electrons. The monoisotopic (exact) mass is 322 g/mol. The molecule has 4 rings (SSSR count). The van der Waals surface area contributed by atoms with Crippen molar-refractivity contribution in [1.82, 2.24) is 9.38 Å². The summed E-state index contributed by atoms with van der Waals surface area (Å²) in [6, 6.07) is 12.7. The van der Waals surface area contributed by atoms with Crippen molar-refractivity contribution in [3.8, 4) is 17.0 Å². The van der Waals surface area contributed by atoms with E-state index in [2.05, 4.69) is 54.8 Å². The molecule has 0 saturated carbocycles. The fraction of sp³-hybridized carbons (Fsp3) is 0.211. The van der Waals surface area contributed by atoms with Crippen molar-refractivity contribution < 1.29 is 4.74 Å². The second-order valence-corrected chi connectivity index (χ2v) is 6.77. The highest BCUT2D eigenvalue weighted by molar-refractivity contribution is 7.23. The molecule has 2 aromatic heterocycles. The first kappa shape index (κ1) is 14.3. The molecule has 0 aliphatic carbocycles. The second kappa shape index (κ2) is 5.39. The van der Waals surface area contributed by atoms with Gasteiger partial charge >= 0.3 is 0 Å². The Morgan fingerprint density at radius 1 is 1.13 bits per heavy atom. The van der Waals surface area contributed by atoms with Crippen LogP contribution in [0.3, 0.4) is 0 Å². The van der Waals surface area contributed by atoms with E-state index in [0.29, 0.717) is 6.61 Å². The first-order chi connectivity index (χ1) is 11.2. The largest absolute Gasteiger partial charge is 0.494 e. The fourth-order valence-corrected chi connectivity index (χ4v) is 3.92. The summed E-state index contributed by atoms with van der Waals surface area (Å²) in [4.78, 5) is 5.86. The molecule has 0 spiro atoms. The lowest BCUT2D eigenvalue weighted by molar-refractivity contribution is 0.341. The van der Waals surface area contributed by atoms with Gasteiger partial charge in [-0.3, -0.25) is 4.40 Å². The Bertz CT molecular complexity index is 1010. The molecule has 0 fully saturated rings. The van der Waals surface area contributed by atoms with Crippen molar-refractivity contribution in [3.05, 3.63) is 53.7 Å². The number of hydrogen-bond donors (Lipinski definition) is 0. The molecule has 0 unspecified atom stereocenters. The number of imidazole rings is 1. The molecule has 0 amide bonds. The highest BCUT2D eigenvalue weighted by Gasteiger charge is 2.12. The van der Waals surface area contributed by atoms with Crippen LogP contribution in [0.5, 0.6) is 5.75 Å². The maximum Gasteiger partial charge on any atom is 0.195 e. The topological polar surface area (TPSA) is 26.5 Å². The smallest absolute Gasteiger partial charge is 0.195 e. The third-order valence-corrected chi connectivity index (χ3v) is 5.06. The highest BCUT2D eigenvalue weighted by Crippen LogP contribution is 2.32. The van der Waals surface area contributed by atoms with Crippen molar-refractivity contribution in [3.63, 3.8) is 0 Å². The van der Waals surface area contributed by atoms with Crippen molar-refractivity contribution in [2.24, 2.45) is 0 Å². The van der Waals surface area contributed by atoms with Crippen LogP contribution in [0.15, 0.2) is 42.6 Å². The lowest BCUT2D eigenvalue weighted by atomic mass is 10.0. The van der Waals surface area contributed by atoms with E-state index in [1.807, 2.05) is 13.0 Å². The van der Waals surface area contributed by atoms with Crippen LogP contribution in [0.25, 0.3) is 26.4 Å². The minimum Gasteiger partial charge on any atom is -0.494 e. The molecule has 0 radical (unpaired) electrons. The zero-order valence-electron chi connectivity index (χ0n) is 13.5. The SMILES string of the molecule is CCOc1ccc2c(c1)sc1nc(-c3cc(C)ccc3C)cn12. The number of aryl methyl sites for hydroxylation is 2. The molecule has 2 aromatic carbocycles. The van der Waals surface area contributed by atoms with E-state index in [1.54, 1.807) is 11.3 Å². The maximum absolute atomic E-state index is 5.59. The Morgan fingerprint density at radius 2 is 2.00 bits per heavy atom. The van der Waals surface area contributed by atoms with Crippen molar-refractivity contribution in [1.29, 1.82) is 0 Å². The van der Waals surface area contributed by atoms with Gasteiger partial charge in [0.1, 0.15) is 5.75 Å². The zero-order chi connectivity index (χ0) is 16.0. The number of thiazole rings is 1. The normalized spacial score (nSPS) is 11.4. The van der Waals surface area contributed by atoms with Crippen molar-refractivity contribution >= 4 is 26.5 Å². The van der Waals surface area contributed by atoms with Crippen LogP contribution in [-0.4, -0.2) is 16.0 Å². The van der Waals surface area contributed by atoms with Crippen LogP contribution in [0.1, 0.15) is 18.1 Å². The number of hydrogen-bond acceptors (Lipinski definition) is 3. The van der Waals surface area contributed by atoms with Crippen LogP contribution in [0, 0.1) is 13.8 Å². The van der Waals surface area contributed by atoms with Gasteiger partial charge in [0.25, 0.3) is 0 Å². The van der Waals surface area contributed by atoms with E-state index < -0.39 is 0 Å². The molecule has 2 heterocycles. The standard InChI is InChI=1S/C19H18N2OS/c1-4-22-14-7-8-17-18(10-14)23-19-20-16(11-21(17)19)15-9-12(2)5-6-13(15)3/h5-11H,4H2,1-3H3. The molecular weight excluding hydrogens is 304 g/mol. The van der Waals surface area contributed by atoms with Gasteiger partial charge in [-0.05, 0) is 50.6 Å². The highest BCUT2D eigenvalue weighted by atomic mass is 32.1. The van der Waals surface area contributed by atoms with Gasteiger partial charge in [0.05, 0.1) is 22.5 Å². The summed E-state index contributed by atoms with van der Waals surface area (Å²) in [6.45, 7) is 6.94. The summed E-state index contributed by atoms with van der Waals surface area (Å²) in [6.07, 6.45) is 2.14. The zero-order valence-corrected chi connectivity index (χ0v) is 14.3. The van der Waals surface area contributed by atoms with Crippen LogP contribution in [0.4, 0.5) is 0 Å². The third-order valence-electron chi connectivity index (χ3n) is 4.05. The van der Waals surface area contributed by atoms with Gasteiger partial charge in [0, 0.05) is 11.8 Å². The molecule has 0 aliphatic rings. The van der Waals surface area contributed by atoms with E-state index >= 15 is 0 Å². The predicted octanol–water partition coefficient (Wildman–Crippen LogP) is 5.23. The summed E-state index contributed by atoms with van der Waals surface area (Å²) in [5.74, 6) is 0.916. The number of nitrogens with zero attached hydrogens (tertiary/aromatic N) is 2. The predicted molar refractivity (Wildman–Crippen MR) is 96.7 cm³/mol. The number of fused-ring (bicyclic) bond motifs is 3. The molecule has 0 saturated heterocycles. The molecular formula is C19H18N2OS. The minimum absolute atomic E-state index is 0.685. The maximum atomic E-state index is 5.59. The van der Waals surface area contributed by atoms with Crippen LogP contribution >= 0.6 is 11.3 Å². The summed E-state index contributed by atoms with van der Waals surface area (Å²) >= 11 is 1.70. The van der Waals surface area contributed by atoms with Crippen molar-refractivity contribution in [2.75, 3.05) is 6.61 Å². The average Bonchev–Trinajstić information content (AvgIpc) is 3.07. The Kier molecular flexibility index (Phi) is 3.34. The molecule has 0 aliphatic heterocycles. The van der Waals surface area contributed by atoms with Gasteiger partial charge in [-0.15, -0.1) is 0 Å². The molecule has 4 heteroatoms. The van der Waals surface area contributed by atoms with Crippen LogP contribution < -0.4 is 4.74 Å². The molecule has 0 N–H and O–H groups in total. The van der Waals surface area contributed by atoms with Gasteiger partial charge < -0.3 is 4.74 Å². The summed E-state index contributed by atoms with van der Waals surface area (Å²) in [5.41, 5.74) is 5.93. The quantitative estimate of drug-likeness (QED) is 0.516. The summed E-state index contributed by atoms with van der Waals surface area (Å²) in [7, 11) is 0. The number of aromatic nitrogens is 2. The Hall–Kier alpha value is -2.33. The molecule has 3 nitrogen and oxygen atoms in total. The van der Waals surface area contributed by atoms with E-state index in [-0.39, 0.29) is 0 Å². The second-order valence-electron chi connectivity index (χ2n) is 5.76. The van der Waals surface area contributed by atoms with Gasteiger partial charge in [0.2, 0.25) is 0 Å². The van der Waals surface area contributed by atoms with Gasteiger partial charge in [-0.2, -0.15) is 0 Å². The van der Waals surface area contributed by atoms with E-state index in [1.165, 1.54) is 26.9 Å². The molecule has 0 bridgehead atoms. The van der Waals surface area contributed by atoms with Crippen molar-refractivity contribution in [2.45, 2.75) is 20.8 Å². The third kappa shape index (κ3) is 2.39. The number of rotatable bonds is 3. The molecule has 4 aromatic rings. The lowest BCUT2D eigenvalue weighted by Gasteiger charge is -2.04. The molecule has 23 heavy (non-hydrogen) atoms. The van der Waals surface area contributed by atoms with Gasteiger partial charge in [-0.1, -0.05) is 29.0 Å². The van der Waals surface area contributed by atoms with Crippen LogP contribution in [-0.2, 0) is 0 Å². The van der Waals surface area contributed by atoms with Gasteiger partial charge in [-0.25, -0.2) is 4.98 Å². The summed E-state index contributed by atoms with van der Waals surface area (Å²) in [5, 5.41) is 0. The fourth-order valence-electron chi connectivity index (χ4n) is 2.88. The van der Waals surface area contributed by atoms with E-state index in [9.17, 15) is 0 Å². The Balaban J connectivity index is 1.87. The number of ether oxygens (including phenoxy) is 1. The van der Waals surface area contributed by atoms with Crippen LogP contribution in [0.2, 0.25) is 0 Å². The van der Waals surface area contributed by atoms with Gasteiger partial charge in [0.15, 0.2) is 4.96 Å². The Labute approximate surface area is 139 Å². The summed E-state index contributed by atoms with van der Waals surface area (Å²) < 4.78 is 8.96. The number of benzene rings is 2. The average molecular weight is 322 g/mol. The van der Waals surface area contributed by atoms with E-state index in [0.717, 1.165) is 16.4 Å². The molecule has 0 atom stereocenters. The lowest BCUT2D eigenvalue weighted by Crippen LogP contribution is -1.90. The Morgan fingerprint density at radius 3 is 2.83 bits per heavy atom. The first-order valence-electron chi connectivity index (χ1n) is 7.78. The minimum atomic E-state index is 0.685. The van der Waals surface area contributed by atoms with E-state index in [4.69, 9.17) is 9.72 Å².